The van der Waals surface area contributed by atoms with Gasteiger partial charge in [0.2, 0.25) is 9.84 Å². The van der Waals surface area contributed by atoms with Crippen molar-refractivity contribution < 1.29 is 8.42 Å². The Bertz CT molecular complexity index is 1230. The highest BCUT2D eigenvalue weighted by atomic mass is 32.2. The molecule has 0 radical (unpaired) electrons. The number of hydrogen-bond acceptors (Lipinski definition) is 6. The lowest BCUT2D eigenvalue weighted by Crippen LogP contribution is -2.23. The van der Waals surface area contributed by atoms with Crippen LogP contribution in [0.2, 0.25) is 0 Å². The second kappa shape index (κ2) is 6.19. The van der Waals surface area contributed by atoms with Gasteiger partial charge in [-0.3, -0.25) is 14.9 Å². The number of fused-ring (bicyclic) bond motifs is 1. The number of aromatic amines is 1. The molecular formula is C17H13N5O3S. The van der Waals surface area contributed by atoms with E-state index in [0.717, 1.165) is 0 Å². The predicted octanol–water partition coefficient (Wildman–Crippen LogP) is 1.40. The van der Waals surface area contributed by atoms with Crippen molar-refractivity contribution in [2.45, 2.75) is 16.3 Å². The molecule has 1 N–H and O–H groups in total. The summed E-state index contributed by atoms with van der Waals surface area (Å²) >= 11 is 0. The van der Waals surface area contributed by atoms with Gasteiger partial charge < -0.3 is 0 Å². The van der Waals surface area contributed by atoms with E-state index in [1.807, 2.05) is 0 Å². The number of nitrogens with zero attached hydrogens (tertiary/aromatic N) is 4. The van der Waals surface area contributed by atoms with Crippen molar-refractivity contribution in [3.8, 4) is 0 Å². The minimum atomic E-state index is -3.71. The number of sulfone groups is 1. The van der Waals surface area contributed by atoms with Crippen molar-refractivity contribution in [3.05, 3.63) is 77.2 Å². The SMILES string of the molecule is O=c1c2ccc(S(=O)(=O)c3cccnc3)cc2cnn1Cc1cc[nH]n1. The summed E-state index contributed by atoms with van der Waals surface area (Å²) in [6.45, 7) is 0.230. The molecule has 4 rings (SSSR count). The number of H-pyrrole nitrogens is 1. The molecule has 0 saturated carbocycles. The highest BCUT2D eigenvalue weighted by Gasteiger charge is 2.19. The normalized spacial score (nSPS) is 11.7. The van der Waals surface area contributed by atoms with Gasteiger partial charge in [-0.05, 0) is 36.4 Å². The molecule has 0 spiro atoms. The van der Waals surface area contributed by atoms with E-state index >= 15 is 0 Å². The van der Waals surface area contributed by atoms with Gasteiger partial charge in [-0.15, -0.1) is 0 Å². The van der Waals surface area contributed by atoms with Crippen LogP contribution in [-0.2, 0) is 16.4 Å². The Labute approximate surface area is 148 Å². The summed E-state index contributed by atoms with van der Waals surface area (Å²) in [6, 6.07) is 9.16. The fraction of sp³-hybridized carbons (Fsp3) is 0.0588. The molecule has 9 heteroatoms. The minimum Gasteiger partial charge on any atom is -0.285 e. The van der Waals surface area contributed by atoms with E-state index in [9.17, 15) is 13.2 Å². The molecule has 0 bridgehead atoms. The lowest BCUT2D eigenvalue weighted by Gasteiger charge is -2.07. The van der Waals surface area contributed by atoms with Gasteiger partial charge in [0, 0.05) is 24.0 Å². The number of aromatic nitrogens is 5. The average Bonchev–Trinajstić information content (AvgIpc) is 3.17. The molecule has 26 heavy (non-hydrogen) atoms. The fourth-order valence-electron chi connectivity index (χ4n) is 2.62. The van der Waals surface area contributed by atoms with Gasteiger partial charge >= 0.3 is 0 Å². The van der Waals surface area contributed by atoms with Gasteiger partial charge in [0.1, 0.15) is 0 Å². The number of pyridine rings is 1. The zero-order chi connectivity index (χ0) is 18.1. The van der Waals surface area contributed by atoms with E-state index in [4.69, 9.17) is 0 Å². The zero-order valence-corrected chi connectivity index (χ0v) is 14.2. The lowest BCUT2D eigenvalue weighted by molar-refractivity contribution is 0.595. The quantitative estimate of drug-likeness (QED) is 0.584. The smallest absolute Gasteiger partial charge is 0.274 e. The van der Waals surface area contributed by atoms with Crippen LogP contribution < -0.4 is 5.56 Å². The average molecular weight is 367 g/mol. The minimum absolute atomic E-state index is 0.0873. The van der Waals surface area contributed by atoms with Crippen LogP contribution in [0.4, 0.5) is 0 Å². The van der Waals surface area contributed by atoms with Crippen molar-refractivity contribution in [2.24, 2.45) is 0 Å². The number of hydrogen-bond donors (Lipinski definition) is 1. The summed E-state index contributed by atoms with van der Waals surface area (Å²) in [4.78, 5) is 16.6. The van der Waals surface area contributed by atoms with Crippen LogP contribution in [0.1, 0.15) is 5.69 Å². The molecule has 0 saturated heterocycles. The highest BCUT2D eigenvalue weighted by molar-refractivity contribution is 7.91. The Morgan fingerprint density at radius 2 is 1.96 bits per heavy atom. The summed E-state index contributed by atoms with van der Waals surface area (Å²) in [5.74, 6) is 0. The Morgan fingerprint density at radius 1 is 1.08 bits per heavy atom. The topological polar surface area (TPSA) is 111 Å². The maximum atomic E-state index is 12.7. The maximum Gasteiger partial charge on any atom is 0.274 e. The van der Waals surface area contributed by atoms with Crippen molar-refractivity contribution in [3.63, 3.8) is 0 Å². The Hall–Kier alpha value is -3.33. The van der Waals surface area contributed by atoms with Gasteiger partial charge in [0.15, 0.2) is 0 Å². The van der Waals surface area contributed by atoms with Crippen LogP contribution in [-0.4, -0.2) is 33.4 Å². The number of rotatable bonds is 4. The van der Waals surface area contributed by atoms with Crippen LogP contribution in [0.15, 0.2) is 75.8 Å². The Morgan fingerprint density at radius 3 is 2.69 bits per heavy atom. The predicted molar refractivity (Wildman–Crippen MR) is 93.4 cm³/mol. The van der Waals surface area contributed by atoms with E-state index in [0.29, 0.717) is 16.5 Å². The number of nitrogens with one attached hydrogen (secondary N) is 1. The molecule has 3 aromatic heterocycles. The van der Waals surface area contributed by atoms with Crippen LogP contribution in [0.25, 0.3) is 10.8 Å². The largest absolute Gasteiger partial charge is 0.285 e. The van der Waals surface area contributed by atoms with Gasteiger partial charge in [0.05, 0.1) is 33.6 Å². The molecule has 130 valence electrons. The first-order valence-corrected chi connectivity index (χ1v) is 9.18. The standard InChI is InChI=1S/C17H13N5O3S/c23-17-16-4-3-14(26(24,25)15-2-1-6-18-10-15)8-12(16)9-20-22(17)11-13-5-7-19-21-13/h1-10H,11H2,(H,19,21). The lowest BCUT2D eigenvalue weighted by atomic mass is 10.2. The van der Waals surface area contributed by atoms with Gasteiger partial charge in [0.25, 0.3) is 5.56 Å². The first kappa shape index (κ1) is 16.2. The zero-order valence-electron chi connectivity index (χ0n) is 13.4. The van der Waals surface area contributed by atoms with E-state index in [2.05, 4.69) is 20.3 Å². The monoisotopic (exact) mass is 367 g/mol. The summed E-state index contributed by atoms with van der Waals surface area (Å²) in [5.41, 5.74) is 0.366. The molecule has 0 aliphatic rings. The number of benzene rings is 1. The van der Waals surface area contributed by atoms with E-state index in [-0.39, 0.29) is 21.9 Å². The van der Waals surface area contributed by atoms with Crippen molar-refractivity contribution in [2.75, 3.05) is 0 Å². The van der Waals surface area contributed by atoms with Crippen molar-refractivity contribution >= 4 is 20.6 Å². The third-order valence-electron chi connectivity index (χ3n) is 3.95. The van der Waals surface area contributed by atoms with Gasteiger partial charge in [-0.1, -0.05) is 0 Å². The van der Waals surface area contributed by atoms with Crippen LogP contribution in [0, 0.1) is 0 Å². The van der Waals surface area contributed by atoms with Gasteiger partial charge in [-0.2, -0.15) is 10.2 Å². The summed E-state index contributed by atoms with van der Waals surface area (Å²) < 4.78 is 26.7. The molecule has 0 atom stereocenters. The Balaban J connectivity index is 1.78. The third-order valence-corrected chi connectivity index (χ3v) is 5.69. The molecular weight excluding hydrogens is 354 g/mol. The molecule has 0 unspecified atom stereocenters. The van der Waals surface area contributed by atoms with Gasteiger partial charge in [-0.25, -0.2) is 13.1 Å². The molecule has 0 aliphatic carbocycles. The maximum absolute atomic E-state index is 12.7. The third kappa shape index (κ3) is 2.78. The Kier molecular flexibility index (Phi) is 3.85. The van der Waals surface area contributed by atoms with Crippen molar-refractivity contribution in [1.82, 2.24) is 25.0 Å². The summed E-state index contributed by atoms with van der Waals surface area (Å²) in [6.07, 6.45) is 5.94. The van der Waals surface area contributed by atoms with E-state index in [1.165, 1.54) is 47.5 Å². The highest BCUT2D eigenvalue weighted by Crippen LogP contribution is 2.22. The summed E-state index contributed by atoms with van der Waals surface area (Å²) in [7, 11) is -3.71. The molecule has 0 fully saturated rings. The molecule has 0 aliphatic heterocycles. The van der Waals surface area contributed by atoms with E-state index in [1.54, 1.807) is 18.3 Å². The van der Waals surface area contributed by atoms with Crippen LogP contribution >= 0.6 is 0 Å². The van der Waals surface area contributed by atoms with E-state index < -0.39 is 9.84 Å². The molecule has 8 nitrogen and oxygen atoms in total. The summed E-state index contributed by atoms with van der Waals surface area (Å²) in [5, 5.41) is 11.7. The second-order valence-electron chi connectivity index (χ2n) is 5.61. The van der Waals surface area contributed by atoms with Crippen LogP contribution in [0.3, 0.4) is 0 Å². The van der Waals surface area contributed by atoms with Crippen LogP contribution in [0.5, 0.6) is 0 Å². The fourth-order valence-corrected chi connectivity index (χ4v) is 3.88. The molecule has 1 aromatic carbocycles. The molecule has 3 heterocycles. The molecule has 0 amide bonds. The first-order chi connectivity index (χ1) is 12.6. The second-order valence-corrected chi connectivity index (χ2v) is 7.56. The molecule has 4 aromatic rings. The first-order valence-electron chi connectivity index (χ1n) is 7.69. The van der Waals surface area contributed by atoms with Crippen molar-refractivity contribution in [1.29, 1.82) is 0 Å².